The molecule has 7 nitrogen and oxygen atoms in total. The summed E-state index contributed by atoms with van der Waals surface area (Å²) >= 11 is 0. The molecule has 5 rings (SSSR count). The van der Waals surface area contributed by atoms with Crippen LogP contribution in [0.1, 0.15) is 19.4 Å². The second kappa shape index (κ2) is 10.1. The molecule has 0 spiro atoms. The summed E-state index contributed by atoms with van der Waals surface area (Å²) in [7, 11) is 1.00. The first kappa shape index (κ1) is 26.9. The predicted octanol–water partition coefficient (Wildman–Crippen LogP) is 4.66. The van der Waals surface area contributed by atoms with Crippen molar-refractivity contribution in [1.82, 2.24) is 24.2 Å². The van der Waals surface area contributed by atoms with Gasteiger partial charge in [0.2, 0.25) is 0 Å². The van der Waals surface area contributed by atoms with Gasteiger partial charge in [-0.15, -0.1) is 13.2 Å². The number of aryl methyl sites for hydroxylation is 1. The third kappa shape index (κ3) is 5.84. The molecule has 0 N–H and O–H groups in total. The van der Waals surface area contributed by atoms with E-state index in [1.807, 2.05) is 36.9 Å². The van der Waals surface area contributed by atoms with Gasteiger partial charge in [0, 0.05) is 65.8 Å². The van der Waals surface area contributed by atoms with Gasteiger partial charge >= 0.3 is 6.36 Å². The second-order valence-electron chi connectivity index (χ2n) is 9.69. The monoisotopic (exact) mass is 559 g/mol. The molecule has 0 amide bonds. The molecular weight excluding hydrogens is 534 g/mol. The molecule has 1 fully saturated rings. The molecule has 0 aliphatic carbocycles. The molecule has 0 radical (unpaired) electrons. The van der Waals surface area contributed by atoms with E-state index < -0.39 is 34.3 Å². The van der Waals surface area contributed by atoms with E-state index in [-0.39, 0.29) is 0 Å². The molecule has 0 atom stereocenters. The van der Waals surface area contributed by atoms with Crippen LogP contribution in [0.25, 0.3) is 28.0 Å². The van der Waals surface area contributed by atoms with Crippen LogP contribution in [0.5, 0.6) is 5.75 Å². The number of aromatic nitrogens is 4. The summed E-state index contributed by atoms with van der Waals surface area (Å²) in [5, 5.41) is 4.99. The van der Waals surface area contributed by atoms with Crippen LogP contribution in [0.3, 0.4) is 0 Å². The fourth-order valence-corrected chi connectivity index (χ4v) is 5.51. The van der Waals surface area contributed by atoms with Crippen molar-refractivity contribution in [2.24, 2.45) is 7.05 Å². The third-order valence-corrected chi connectivity index (χ3v) is 7.82. The summed E-state index contributed by atoms with van der Waals surface area (Å²) in [6.07, 6.45) is 0.341. The Balaban J connectivity index is 1.55. The van der Waals surface area contributed by atoms with Crippen LogP contribution in [-0.2, 0) is 17.8 Å². The highest BCUT2D eigenvalue weighted by Crippen LogP contribution is 2.31. The van der Waals surface area contributed by atoms with Gasteiger partial charge in [0.05, 0.1) is 28.7 Å². The Morgan fingerprint density at radius 1 is 1.08 bits per heavy atom. The van der Waals surface area contributed by atoms with Crippen molar-refractivity contribution in [3.8, 4) is 34.5 Å². The van der Waals surface area contributed by atoms with Gasteiger partial charge in [-0.05, 0) is 44.2 Å². The summed E-state index contributed by atoms with van der Waals surface area (Å²) in [4.78, 5) is 6.94. The molecule has 1 aromatic carbocycles. The largest absolute Gasteiger partial charge is 0.573 e. The van der Waals surface area contributed by atoms with Crippen molar-refractivity contribution in [2.45, 2.75) is 25.7 Å². The summed E-state index contributed by atoms with van der Waals surface area (Å²) in [5.41, 5.74) is 2.20. The van der Waals surface area contributed by atoms with Crippen LogP contribution >= 0.6 is 0 Å². The van der Waals surface area contributed by atoms with Gasteiger partial charge in [-0.2, -0.15) is 5.10 Å². The topological polar surface area (TPSA) is 65.2 Å². The maximum atomic E-state index is 14.4. The Bertz CT molecular complexity index is 1620. The Morgan fingerprint density at radius 3 is 2.46 bits per heavy atom. The van der Waals surface area contributed by atoms with E-state index in [1.54, 1.807) is 24.0 Å². The Kier molecular flexibility index (Phi) is 6.99. The number of nitrogens with zero attached hydrogens (tertiary/aromatic N) is 5. The number of benzene rings is 1. The number of pyridine rings is 1. The molecule has 0 bridgehead atoms. The van der Waals surface area contributed by atoms with Crippen molar-refractivity contribution in [2.75, 3.05) is 24.6 Å². The van der Waals surface area contributed by atoms with E-state index >= 15 is 0 Å². The SMILES string of the molecule is Cn1cc(-n2cc(C#CC(C)(C)N3CCS(=O)CC3)c3ccc(-c4ccc(OC(F)(F)F)c(F)c4)nc32)cn1. The first-order valence-electron chi connectivity index (χ1n) is 12.1. The Labute approximate surface area is 224 Å². The van der Waals surface area contributed by atoms with Crippen molar-refractivity contribution < 1.29 is 26.5 Å². The quantitative estimate of drug-likeness (QED) is 0.269. The van der Waals surface area contributed by atoms with Gasteiger partial charge in [0.1, 0.15) is 5.65 Å². The van der Waals surface area contributed by atoms with Gasteiger partial charge in [-0.25, -0.2) is 9.37 Å². The lowest BCUT2D eigenvalue weighted by Crippen LogP contribution is -2.49. The molecule has 3 aromatic heterocycles. The zero-order valence-electron chi connectivity index (χ0n) is 21.4. The van der Waals surface area contributed by atoms with Crippen LogP contribution in [0.15, 0.2) is 48.9 Å². The van der Waals surface area contributed by atoms with Gasteiger partial charge in [-0.1, -0.05) is 11.8 Å². The Morgan fingerprint density at radius 2 is 1.82 bits per heavy atom. The lowest BCUT2D eigenvalue weighted by Gasteiger charge is -2.36. The van der Waals surface area contributed by atoms with Crippen molar-refractivity contribution in [1.29, 1.82) is 0 Å². The lowest BCUT2D eigenvalue weighted by atomic mass is 10.0. The zero-order valence-corrected chi connectivity index (χ0v) is 22.2. The average Bonchev–Trinajstić information content (AvgIpc) is 3.46. The van der Waals surface area contributed by atoms with E-state index in [1.165, 1.54) is 6.07 Å². The number of hydrogen-bond donors (Lipinski definition) is 0. The second-order valence-corrected chi connectivity index (χ2v) is 11.4. The molecule has 204 valence electrons. The number of fused-ring (bicyclic) bond motifs is 1. The molecule has 1 aliphatic heterocycles. The van der Waals surface area contributed by atoms with Crippen LogP contribution in [-0.4, -0.2) is 64.9 Å². The standard InChI is InChI=1S/C27H25F4N5O2S/c1-26(2,35-10-12-39(37)13-11-35)9-8-19-16-36(20-15-32-34(3)17-20)25-21(19)5-6-23(33-25)18-4-7-24(22(28)14-18)38-27(29,30)31/h4-7,14-17H,10-13H2,1-3H3. The summed E-state index contributed by atoms with van der Waals surface area (Å²) < 4.78 is 71.0. The van der Waals surface area contributed by atoms with E-state index in [0.29, 0.717) is 41.5 Å². The maximum Gasteiger partial charge on any atom is 0.573 e. The Hall–Kier alpha value is -3.69. The van der Waals surface area contributed by atoms with Crippen LogP contribution in [0.4, 0.5) is 17.6 Å². The highest BCUT2D eigenvalue weighted by Gasteiger charge is 2.32. The van der Waals surface area contributed by atoms with Gasteiger partial charge in [0.25, 0.3) is 0 Å². The number of ether oxygens (including phenoxy) is 1. The molecule has 4 heterocycles. The van der Waals surface area contributed by atoms with E-state index in [4.69, 9.17) is 4.98 Å². The highest BCUT2D eigenvalue weighted by atomic mass is 32.2. The van der Waals surface area contributed by atoms with Crippen LogP contribution in [0, 0.1) is 17.7 Å². The molecule has 39 heavy (non-hydrogen) atoms. The summed E-state index contributed by atoms with van der Waals surface area (Å²) in [6.45, 7) is 5.48. The molecule has 1 aliphatic rings. The van der Waals surface area contributed by atoms with Gasteiger partial charge < -0.3 is 4.74 Å². The average molecular weight is 560 g/mol. The minimum atomic E-state index is -5.00. The van der Waals surface area contributed by atoms with Crippen molar-refractivity contribution in [3.63, 3.8) is 0 Å². The third-order valence-electron chi connectivity index (χ3n) is 6.55. The summed E-state index contributed by atoms with van der Waals surface area (Å²) in [5.74, 6) is 5.85. The van der Waals surface area contributed by atoms with Crippen molar-refractivity contribution in [3.05, 3.63) is 60.3 Å². The first-order chi connectivity index (χ1) is 18.4. The predicted molar refractivity (Wildman–Crippen MR) is 140 cm³/mol. The molecule has 4 aromatic rings. The molecule has 0 unspecified atom stereocenters. The molecule has 1 saturated heterocycles. The number of alkyl halides is 3. The smallest absolute Gasteiger partial charge is 0.403 e. The van der Waals surface area contributed by atoms with Gasteiger partial charge in [-0.3, -0.25) is 18.4 Å². The lowest BCUT2D eigenvalue weighted by molar-refractivity contribution is -0.275. The number of hydrogen-bond acceptors (Lipinski definition) is 5. The van der Waals surface area contributed by atoms with E-state index in [9.17, 15) is 21.8 Å². The number of halogens is 4. The fourth-order valence-electron chi connectivity index (χ4n) is 4.46. The molecule has 0 saturated carbocycles. The summed E-state index contributed by atoms with van der Waals surface area (Å²) in [6, 6.07) is 6.69. The fraction of sp³-hybridized carbons (Fsp3) is 0.333. The highest BCUT2D eigenvalue weighted by molar-refractivity contribution is 7.85. The normalized spacial score (nSPS) is 15.4. The first-order valence-corrected chi connectivity index (χ1v) is 13.6. The van der Waals surface area contributed by atoms with Gasteiger partial charge in [0.15, 0.2) is 11.6 Å². The molecular formula is C27H25F4N5O2S. The van der Waals surface area contributed by atoms with E-state index in [2.05, 4.69) is 26.6 Å². The van der Waals surface area contributed by atoms with Crippen LogP contribution < -0.4 is 4.74 Å². The molecule has 12 heteroatoms. The minimum absolute atomic E-state index is 0.291. The number of rotatable bonds is 4. The van der Waals surface area contributed by atoms with E-state index in [0.717, 1.165) is 28.8 Å². The maximum absolute atomic E-state index is 14.4. The van der Waals surface area contributed by atoms with Crippen LogP contribution in [0.2, 0.25) is 0 Å². The van der Waals surface area contributed by atoms with Crippen molar-refractivity contribution >= 4 is 21.8 Å². The zero-order chi connectivity index (χ0) is 27.9. The minimum Gasteiger partial charge on any atom is -0.403 e.